The number of esters is 1. The van der Waals surface area contributed by atoms with Gasteiger partial charge in [-0.2, -0.15) is 0 Å². The minimum atomic E-state index is -1.07. The van der Waals surface area contributed by atoms with Crippen LogP contribution in [0.2, 0.25) is 0 Å². The fraction of sp³-hybridized carbons (Fsp3) is 0.217. The number of nitrogens with zero attached hydrogens (tertiary/aromatic N) is 2. The summed E-state index contributed by atoms with van der Waals surface area (Å²) in [4.78, 5) is 43.7. The standard InChI is InChI=1S/C23H24N4O5/c1-3-32-23(30)21(28)19(25)18-12-13-27(16-8-4-14(24)5-9-16)22(29)20(18)26-15-6-10-17(31-2)11-7-15/h4-11H,3,12-13,24-25H2,1-2H3. The number of ether oxygens (including phenoxy) is 2. The topological polar surface area (TPSA) is 137 Å². The van der Waals surface area contributed by atoms with Gasteiger partial charge >= 0.3 is 5.97 Å². The highest BCUT2D eigenvalue weighted by Crippen LogP contribution is 2.27. The van der Waals surface area contributed by atoms with E-state index in [-0.39, 0.29) is 36.6 Å². The lowest BCUT2D eigenvalue weighted by Gasteiger charge is -2.30. The monoisotopic (exact) mass is 436 g/mol. The number of aliphatic imine (C=N–C) groups is 1. The van der Waals surface area contributed by atoms with Gasteiger partial charge in [0.1, 0.15) is 11.5 Å². The molecule has 2 aromatic carbocycles. The Morgan fingerprint density at radius 3 is 2.34 bits per heavy atom. The maximum Gasteiger partial charge on any atom is 0.381 e. The first-order valence-electron chi connectivity index (χ1n) is 9.96. The molecule has 166 valence electrons. The van der Waals surface area contributed by atoms with Gasteiger partial charge in [0.2, 0.25) is 0 Å². The number of benzene rings is 2. The fourth-order valence-corrected chi connectivity index (χ4v) is 3.21. The van der Waals surface area contributed by atoms with Crippen molar-refractivity contribution in [2.24, 2.45) is 10.7 Å². The van der Waals surface area contributed by atoms with E-state index in [4.69, 9.17) is 20.9 Å². The minimum Gasteiger partial charge on any atom is -0.497 e. The van der Waals surface area contributed by atoms with Gasteiger partial charge in [0, 0.05) is 23.5 Å². The molecule has 4 N–H and O–H groups in total. The molecule has 0 aliphatic carbocycles. The van der Waals surface area contributed by atoms with Crippen LogP contribution in [-0.2, 0) is 19.1 Å². The zero-order valence-corrected chi connectivity index (χ0v) is 17.8. The molecule has 0 radical (unpaired) electrons. The van der Waals surface area contributed by atoms with Crippen molar-refractivity contribution in [2.45, 2.75) is 13.3 Å². The summed E-state index contributed by atoms with van der Waals surface area (Å²) in [6, 6.07) is 13.5. The Bertz CT molecular complexity index is 1090. The number of carbonyl (C=O) groups is 3. The Kier molecular flexibility index (Phi) is 6.89. The molecule has 2 aromatic rings. The first-order valence-corrected chi connectivity index (χ1v) is 9.96. The van der Waals surface area contributed by atoms with Crippen LogP contribution in [-0.4, -0.2) is 43.6 Å². The smallest absolute Gasteiger partial charge is 0.381 e. The molecule has 0 saturated carbocycles. The number of amides is 1. The lowest BCUT2D eigenvalue weighted by atomic mass is 9.96. The zero-order chi connectivity index (χ0) is 23.3. The SMILES string of the molecule is CCOC(=O)C(=O)C(N)=C1CCN(c2ccc(N)cc2)C(=O)C1=Nc1ccc(OC)cc1. The van der Waals surface area contributed by atoms with Crippen LogP contribution in [0, 0.1) is 0 Å². The molecule has 0 spiro atoms. The summed E-state index contributed by atoms with van der Waals surface area (Å²) in [7, 11) is 1.54. The number of Topliss-reactive ketones (excluding diaryl/α,β-unsaturated/α-hetero) is 1. The summed E-state index contributed by atoms with van der Waals surface area (Å²) in [6.07, 6.45) is 0.224. The van der Waals surface area contributed by atoms with Crippen LogP contribution in [0.4, 0.5) is 17.1 Å². The number of methoxy groups -OCH3 is 1. The molecule has 3 rings (SSSR count). The number of ketones is 1. The van der Waals surface area contributed by atoms with E-state index in [0.29, 0.717) is 22.8 Å². The highest BCUT2D eigenvalue weighted by molar-refractivity contribution is 6.52. The number of hydrogen-bond donors (Lipinski definition) is 2. The van der Waals surface area contributed by atoms with E-state index < -0.39 is 17.7 Å². The largest absolute Gasteiger partial charge is 0.497 e. The molecule has 0 bridgehead atoms. The van der Waals surface area contributed by atoms with E-state index in [0.717, 1.165) is 0 Å². The van der Waals surface area contributed by atoms with Gasteiger partial charge in [-0.3, -0.25) is 9.59 Å². The van der Waals surface area contributed by atoms with E-state index in [1.807, 2.05) is 0 Å². The van der Waals surface area contributed by atoms with E-state index in [9.17, 15) is 14.4 Å². The maximum atomic E-state index is 13.4. The number of piperidine rings is 1. The van der Waals surface area contributed by atoms with Crippen molar-refractivity contribution in [1.82, 2.24) is 0 Å². The molecule has 1 fully saturated rings. The van der Waals surface area contributed by atoms with Gasteiger partial charge in [0.05, 0.1) is 25.1 Å². The van der Waals surface area contributed by atoms with Crippen molar-refractivity contribution in [2.75, 3.05) is 30.9 Å². The van der Waals surface area contributed by atoms with Gasteiger partial charge in [-0.25, -0.2) is 9.79 Å². The normalized spacial score (nSPS) is 16.6. The summed E-state index contributed by atoms with van der Waals surface area (Å²) in [5, 5.41) is 0. The van der Waals surface area contributed by atoms with Crippen LogP contribution in [0.5, 0.6) is 5.75 Å². The highest BCUT2D eigenvalue weighted by Gasteiger charge is 2.34. The third-order valence-corrected chi connectivity index (χ3v) is 4.87. The van der Waals surface area contributed by atoms with Gasteiger partial charge in [-0.1, -0.05) is 0 Å². The molecule has 9 heteroatoms. The number of nitrogen functional groups attached to an aromatic ring is 1. The van der Waals surface area contributed by atoms with Crippen LogP contribution < -0.4 is 21.1 Å². The lowest BCUT2D eigenvalue weighted by molar-refractivity contribution is -0.151. The van der Waals surface area contributed by atoms with Gasteiger partial charge in [-0.05, 0) is 61.9 Å². The molecule has 0 unspecified atom stereocenters. The summed E-state index contributed by atoms with van der Waals surface area (Å²) in [5.41, 5.74) is 13.3. The number of anilines is 2. The Labute approximate surface area is 185 Å². The second kappa shape index (κ2) is 9.78. The van der Waals surface area contributed by atoms with Crippen molar-refractivity contribution in [3.8, 4) is 5.75 Å². The van der Waals surface area contributed by atoms with Gasteiger partial charge in [0.25, 0.3) is 11.7 Å². The van der Waals surface area contributed by atoms with Gasteiger partial charge in [-0.15, -0.1) is 0 Å². The molecular formula is C23H24N4O5. The highest BCUT2D eigenvalue weighted by atomic mass is 16.5. The van der Waals surface area contributed by atoms with Crippen LogP contribution in [0.15, 0.2) is 64.8 Å². The zero-order valence-electron chi connectivity index (χ0n) is 17.8. The second-order valence-corrected chi connectivity index (χ2v) is 6.90. The summed E-state index contributed by atoms with van der Waals surface area (Å²) >= 11 is 0. The molecule has 32 heavy (non-hydrogen) atoms. The molecular weight excluding hydrogens is 412 g/mol. The Morgan fingerprint density at radius 1 is 1.09 bits per heavy atom. The van der Waals surface area contributed by atoms with Gasteiger partial charge in [0.15, 0.2) is 0 Å². The maximum absolute atomic E-state index is 13.4. The molecule has 1 aliphatic rings. The number of hydrogen-bond acceptors (Lipinski definition) is 8. The number of nitrogens with two attached hydrogens (primary N) is 2. The van der Waals surface area contributed by atoms with E-state index in [1.54, 1.807) is 62.6 Å². The molecule has 0 aromatic heterocycles. The Morgan fingerprint density at radius 2 is 1.75 bits per heavy atom. The average molecular weight is 436 g/mol. The van der Waals surface area contributed by atoms with E-state index >= 15 is 0 Å². The molecule has 9 nitrogen and oxygen atoms in total. The van der Waals surface area contributed by atoms with Crippen molar-refractivity contribution >= 4 is 40.4 Å². The third kappa shape index (κ3) is 4.77. The third-order valence-electron chi connectivity index (χ3n) is 4.87. The number of rotatable bonds is 6. The minimum absolute atomic E-state index is 0.0200. The summed E-state index contributed by atoms with van der Waals surface area (Å²) in [6.45, 7) is 1.86. The number of carbonyl (C=O) groups excluding carboxylic acids is 3. The first kappa shape index (κ1) is 22.5. The van der Waals surface area contributed by atoms with E-state index in [2.05, 4.69) is 4.99 Å². The van der Waals surface area contributed by atoms with Crippen LogP contribution in [0.1, 0.15) is 13.3 Å². The summed E-state index contributed by atoms with van der Waals surface area (Å²) in [5.74, 6) is -1.90. The summed E-state index contributed by atoms with van der Waals surface area (Å²) < 4.78 is 9.91. The van der Waals surface area contributed by atoms with Crippen molar-refractivity contribution in [1.29, 1.82) is 0 Å². The second-order valence-electron chi connectivity index (χ2n) is 6.90. The molecule has 1 amide bonds. The van der Waals surface area contributed by atoms with Crippen LogP contribution in [0.25, 0.3) is 0 Å². The Balaban J connectivity index is 2.06. The average Bonchev–Trinajstić information content (AvgIpc) is 2.80. The van der Waals surface area contributed by atoms with Crippen LogP contribution >= 0.6 is 0 Å². The van der Waals surface area contributed by atoms with Crippen LogP contribution in [0.3, 0.4) is 0 Å². The van der Waals surface area contributed by atoms with Crippen molar-refractivity contribution in [3.05, 3.63) is 59.8 Å². The molecule has 1 aliphatic heterocycles. The molecule has 0 atom stereocenters. The van der Waals surface area contributed by atoms with Gasteiger partial charge < -0.3 is 25.8 Å². The van der Waals surface area contributed by atoms with E-state index in [1.165, 1.54) is 4.90 Å². The molecule has 1 heterocycles. The first-order chi connectivity index (χ1) is 15.3. The predicted molar refractivity (Wildman–Crippen MR) is 121 cm³/mol. The predicted octanol–water partition coefficient (Wildman–Crippen LogP) is 2.13. The quantitative estimate of drug-likeness (QED) is 0.306. The van der Waals surface area contributed by atoms with Crippen molar-refractivity contribution < 1.29 is 23.9 Å². The molecule has 1 saturated heterocycles. The fourth-order valence-electron chi connectivity index (χ4n) is 3.21. The Hall–Kier alpha value is -4.14. The van der Waals surface area contributed by atoms with Crippen molar-refractivity contribution in [3.63, 3.8) is 0 Å². The lowest BCUT2D eigenvalue weighted by Crippen LogP contribution is -2.44.